The maximum Gasteiger partial charge on any atom is 0.230 e. The quantitative estimate of drug-likeness (QED) is 0.505. The molecule has 0 unspecified atom stereocenters. The summed E-state index contributed by atoms with van der Waals surface area (Å²) in [7, 11) is 1.63. The van der Waals surface area contributed by atoms with Crippen LogP contribution in [-0.2, 0) is 4.79 Å². The number of amides is 1. The van der Waals surface area contributed by atoms with Crippen molar-refractivity contribution in [3.8, 4) is 5.75 Å². The maximum atomic E-state index is 11.7. The SMILES string of the molecule is CCCCNC(=O)CSc1nnc2c(n1)[nH]c1ccc(OC)cc12. The third-order valence-electron chi connectivity index (χ3n) is 3.59. The number of hydrogen-bond acceptors (Lipinski definition) is 6. The van der Waals surface area contributed by atoms with Gasteiger partial charge in [-0.05, 0) is 24.6 Å². The van der Waals surface area contributed by atoms with Crippen molar-refractivity contribution in [1.29, 1.82) is 0 Å². The molecule has 0 atom stereocenters. The molecule has 2 N–H and O–H groups in total. The molecular formula is C16H19N5O2S. The molecule has 0 aliphatic carbocycles. The van der Waals surface area contributed by atoms with Gasteiger partial charge in [-0.2, -0.15) is 0 Å². The number of methoxy groups -OCH3 is 1. The molecular weight excluding hydrogens is 326 g/mol. The Morgan fingerprint density at radius 2 is 2.25 bits per heavy atom. The summed E-state index contributed by atoms with van der Waals surface area (Å²) >= 11 is 1.28. The summed E-state index contributed by atoms with van der Waals surface area (Å²) in [5.41, 5.74) is 2.27. The van der Waals surface area contributed by atoms with Crippen molar-refractivity contribution in [2.75, 3.05) is 19.4 Å². The van der Waals surface area contributed by atoms with Crippen molar-refractivity contribution in [2.24, 2.45) is 0 Å². The van der Waals surface area contributed by atoms with E-state index in [2.05, 4.69) is 32.4 Å². The van der Waals surface area contributed by atoms with E-state index in [1.54, 1.807) is 7.11 Å². The number of benzene rings is 1. The molecule has 8 heteroatoms. The lowest BCUT2D eigenvalue weighted by Crippen LogP contribution is -2.26. The van der Waals surface area contributed by atoms with E-state index in [1.165, 1.54) is 11.8 Å². The van der Waals surface area contributed by atoms with Gasteiger partial charge in [-0.15, -0.1) is 10.2 Å². The van der Waals surface area contributed by atoms with E-state index in [4.69, 9.17) is 4.74 Å². The molecule has 0 saturated heterocycles. The highest BCUT2D eigenvalue weighted by Crippen LogP contribution is 2.26. The summed E-state index contributed by atoms with van der Waals surface area (Å²) in [4.78, 5) is 19.4. The molecule has 2 aromatic heterocycles. The molecule has 24 heavy (non-hydrogen) atoms. The van der Waals surface area contributed by atoms with Gasteiger partial charge >= 0.3 is 0 Å². The van der Waals surface area contributed by atoms with Crippen LogP contribution in [0.2, 0.25) is 0 Å². The van der Waals surface area contributed by atoms with Crippen LogP contribution >= 0.6 is 11.8 Å². The number of H-pyrrole nitrogens is 1. The summed E-state index contributed by atoms with van der Waals surface area (Å²) in [6, 6.07) is 5.70. The Morgan fingerprint density at radius 3 is 3.04 bits per heavy atom. The van der Waals surface area contributed by atoms with Crippen LogP contribution in [0.5, 0.6) is 5.75 Å². The van der Waals surface area contributed by atoms with E-state index in [9.17, 15) is 4.79 Å². The monoisotopic (exact) mass is 345 g/mol. The first kappa shape index (κ1) is 16.5. The molecule has 1 amide bonds. The average Bonchev–Trinajstić information content (AvgIpc) is 2.97. The first-order chi connectivity index (χ1) is 11.7. The van der Waals surface area contributed by atoms with Crippen LogP contribution in [0.25, 0.3) is 22.1 Å². The molecule has 1 aromatic carbocycles. The van der Waals surface area contributed by atoms with Crippen molar-refractivity contribution in [3.63, 3.8) is 0 Å². The fraction of sp³-hybridized carbons (Fsp3) is 0.375. The van der Waals surface area contributed by atoms with Crippen LogP contribution in [-0.4, -0.2) is 45.5 Å². The van der Waals surface area contributed by atoms with Gasteiger partial charge in [-0.3, -0.25) is 4.79 Å². The van der Waals surface area contributed by atoms with E-state index in [0.717, 1.165) is 29.5 Å². The van der Waals surface area contributed by atoms with Crippen LogP contribution in [0.3, 0.4) is 0 Å². The van der Waals surface area contributed by atoms with E-state index in [0.29, 0.717) is 22.9 Å². The molecule has 3 aromatic rings. The Bertz CT molecular complexity index is 864. The molecule has 7 nitrogen and oxygen atoms in total. The molecule has 126 valence electrons. The number of nitrogens with zero attached hydrogens (tertiary/aromatic N) is 3. The average molecular weight is 345 g/mol. The Hall–Kier alpha value is -2.35. The van der Waals surface area contributed by atoms with Gasteiger partial charge in [0.2, 0.25) is 11.1 Å². The molecule has 0 bridgehead atoms. The van der Waals surface area contributed by atoms with E-state index < -0.39 is 0 Å². The van der Waals surface area contributed by atoms with Crippen molar-refractivity contribution in [1.82, 2.24) is 25.5 Å². The molecule has 3 rings (SSSR count). The van der Waals surface area contributed by atoms with Crippen molar-refractivity contribution >= 4 is 39.7 Å². The summed E-state index contributed by atoms with van der Waals surface area (Å²) < 4.78 is 5.24. The largest absolute Gasteiger partial charge is 0.497 e. The molecule has 0 saturated carbocycles. The molecule has 0 radical (unpaired) electrons. The van der Waals surface area contributed by atoms with Crippen molar-refractivity contribution in [3.05, 3.63) is 18.2 Å². The zero-order chi connectivity index (χ0) is 16.9. The minimum Gasteiger partial charge on any atom is -0.497 e. The number of rotatable bonds is 7. The minimum absolute atomic E-state index is 0.0152. The summed E-state index contributed by atoms with van der Waals surface area (Å²) in [5, 5.41) is 12.6. The molecule has 0 aliphatic rings. The van der Waals surface area contributed by atoms with Crippen LogP contribution in [0.1, 0.15) is 19.8 Å². The molecule has 2 heterocycles. The number of aromatic amines is 1. The van der Waals surface area contributed by atoms with Crippen LogP contribution in [0, 0.1) is 0 Å². The number of carbonyl (C=O) groups excluding carboxylic acids is 1. The zero-order valence-electron chi connectivity index (χ0n) is 13.6. The zero-order valence-corrected chi connectivity index (χ0v) is 14.4. The number of ether oxygens (including phenoxy) is 1. The number of thioether (sulfide) groups is 1. The lowest BCUT2D eigenvalue weighted by atomic mass is 10.2. The highest BCUT2D eigenvalue weighted by atomic mass is 32.2. The van der Waals surface area contributed by atoms with Crippen molar-refractivity contribution in [2.45, 2.75) is 24.9 Å². The molecule has 0 fully saturated rings. The third-order valence-corrected chi connectivity index (χ3v) is 4.42. The Labute approximate surface area is 143 Å². The Balaban J connectivity index is 1.74. The van der Waals surface area contributed by atoms with Crippen molar-refractivity contribution < 1.29 is 9.53 Å². The molecule has 0 spiro atoms. The minimum atomic E-state index is -0.0152. The van der Waals surface area contributed by atoms with Gasteiger partial charge < -0.3 is 15.0 Å². The number of fused-ring (bicyclic) bond motifs is 3. The fourth-order valence-corrected chi connectivity index (χ4v) is 2.93. The summed E-state index contributed by atoms with van der Waals surface area (Å²) in [6.07, 6.45) is 2.04. The smallest absolute Gasteiger partial charge is 0.230 e. The number of unbranched alkanes of at least 4 members (excludes halogenated alkanes) is 1. The third kappa shape index (κ3) is 3.59. The number of nitrogens with one attached hydrogen (secondary N) is 2. The fourth-order valence-electron chi connectivity index (χ4n) is 2.31. The van der Waals surface area contributed by atoms with Gasteiger partial charge in [0, 0.05) is 17.4 Å². The van der Waals surface area contributed by atoms with Gasteiger partial charge in [-0.25, -0.2) is 4.98 Å². The lowest BCUT2D eigenvalue weighted by Gasteiger charge is -2.02. The second kappa shape index (κ2) is 7.48. The predicted molar refractivity (Wildman–Crippen MR) is 94.4 cm³/mol. The Kier molecular flexibility index (Phi) is 5.14. The van der Waals surface area contributed by atoms with Gasteiger partial charge in [0.05, 0.1) is 12.9 Å². The van der Waals surface area contributed by atoms with Gasteiger partial charge in [0.25, 0.3) is 0 Å². The first-order valence-corrected chi connectivity index (χ1v) is 8.79. The van der Waals surface area contributed by atoms with Crippen LogP contribution in [0.15, 0.2) is 23.4 Å². The van der Waals surface area contributed by atoms with Gasteiger partial charge in [-0.1, -0.05) is 25.1 Å². The first-order valence-electron chi connectivity index (χ1n) is 7.81. The van der Waals surface area contributed by atoms with E-state index in [1.807, 2.05) is 18.2 Å². The Morgan fingerprint density at radius 1 is 1.38 bits per heavy atom. The summed E-state index contributed by atoms with van der Waals surface area (Å²) in [6.45, 7) is 2.80. The maximum absolute atomic E-state index is 11.7. The second-order valence-corrected chi connectivity index (χ2v) is 6.26. The number of hydrogen-bond donors (Lipinski definition) is 2. The van der Waals surface area contributed by atoms with Crippen LogP contribution in [0.4, 0.5) is 0 Å². The molecule has 0 aliphatic heterocycles. The number of carbonyl (C=O) groups is 1. The van der Waals surface area contributed by atoms with E-state index >= 15 is 0 Å². The highest BCUT2D eigenvalue weighted by molar-refractivity contribution is 7.99. The van der Waals surface area contributed by atoms with Gasteiger partial charge in [0.15, 0.2) is 5.65 Å². The standard InChI is InChI=1S/C16H19N5O2S/c1-3-4-7-17-13(22)9-24-16-19-15-14(20-21-16)11-8-10(23-2)5-6-12(11)18-15/h5-6,8H,3-4,7,9H2,1-2H3,(H,17,22)(H,18,19,21). The highest BCUT2D eigenvalue weighted by Gasteiger charge is 2.11. The predicted octanol–water partition coefficient (Wildman–Crippen LogP) is 2.52. The second-order valence-electron chi connectivity index (χ2n) is 5.32. The number of aromatic nitrogens is 4. The van der Waals surface area contributed by atoms with Crippen LogP contribution < -0.4 is 10.1 Å². The topological polar surface area (TPSA) is 92.8 Å². The lowest BCUT2D eigenvalue weighted by molar-refractivity contribution is -0.118. The normalized spacial score (nSPS) is 11.1. The summed E-state index contributed by atoms with van der Waals surface area (Å²) in [5.74, 6) is 1.02. The van der Waals surface area contributed by atoms with Gasteiger partial charge in [0.1, 0.15) is 11.3 Å². The van der Waals surface area contributed by atoms with E-state index in [-0.39, 0.29) is 11.7 Å².